The Labute approximate surface area is 109 Å². The maximum absolute atomic E-state index is 11.0. The highest BCUT2D eigenvalue weighted by Gasteiger charge is 2.23. The van der Waals surface area contributed by atoms with Crippen LogP contribution in [0.1, 0.15) is 5.69 Å². The van der Waals surface area contributed by atoms with Crippen molar-refractivity contribution in [2.75, 3.05) is 17.7 Å². The molecule has 8 nitrogen and oxygen atoms in total. The molecule has 19 heavy (non-hydrogen) atoms. The Kier molecular flexibility index (Phi) is 3.51. The fourth-order valence-electron chi connectivity index (χ4n) is 1.65. The largest absolute Gasteiger partial charge is 0.378 e. The molecule has 0 radical (unpaired) electrons. The molecule has 2 aromatic heterocycles. The van der Waals surface area contributed by atoms with Crippen LogP contribution in [0.3, 0.4) is 0 Å². The summed E-state index contributed by atoms with van der Waals surface area (Å²) in [4.78, 5) is 23.7. The number of hydrogen-bond acceptors (Lipinski definition) is 7. The molecule has 2 aromatic rings. The van der Waals surface area contributed by atoms with E-state index in [1.807, 2.05) is 12.1 Å². The van der Waals surface area contributed by atoms with Gasteiger partial charge in [0, 0.05) is 13.2 Å². The highest BCUT2D eigenvalue weighted by molar-refractivity contribution is 5.68. The summed E-state index contributed by atoms with van der Waals surface area (Å²) in [5.41, 5.74) is 6.00. The Morgan fingerprint density at radius 3 is 2.79 bits per heavy atom. The SMILES string of the molecule is CN(Cc1ccccn1)c1ncnc(N)c1[N+](=O)[O-]. The Hall–Kier alpha value is -2.77. The van der Waals surface area contributed by atoms with Gasteiger partial charge in [0.15, 0.2) is 0 Å². The van der Waals surface area contributed by atoms with E-state index < -0.39 is 4.92 Å². The third-order valence-electron chi connectivity index (χ3n) is 2.50. The van der Waals surface area contributed by atoms with E-state index in [9.17, 15) is 10.1 Å². The van der Waals surface area contributed by atoms with Gasteiger partial charge in [0.1, 0.15) is 6.33 Å². The van der Waals surface area contributed by atoms with Crippen LogP contribution in [0.15, 0.2) is 30.7 Å². The molecule has 98 valence electrons. The molecule has 0 spiro atoms. The fraction of sp³-hybridized carbons (Fsp3) is 0.182. The maximum Gasteiger partial charge on any atom is 0.353 e. The molecule has 0 atom stereocenters. The summed E-state index contributed by atoms with van der Waals surface area (Å²) in [6, 6.07) is 5.47. The number of nitro groups is 1. The first-order chi connectivity index (χ1) is 9.09. The van der Waals surface area contributed by atoms with E-state index in [-0.39, 0.29) is 17.3 Å². The molecule has 0 aromatic carbocycles. The van der Waals surface area contributed by atoms with E-state index in [4.69, 9.17) is 5.73 Å². The van der Waals surface area contributed by atoms with E-state index in [0.717, 1.165) is 5.69 Å². The Bertz CT molecular complexity index is 589. The standard InChI is InChI=1S/C11H12N6O2/c1-16(6-8-4-2-3-5-13-8)11-9(17(18)19)10(12)14-7-15-11/h2-5,7H,6H2,1H3,(H2,12,14,15). The van der Waals surface area contributed by atoms with Gasteiger partial charge in [-0.3, -0.25) is 15.1 Å². The molecular weight excluding hydrogens is 248 g/mol. The Balaban J connectivity index is 2.31. The first-order valence-corrected chi connectivity index (χ1v) is 5.45. The summed E-state index contributed by atoms with van der Waals surface area (Å²) in [5.74, 6) is 0.0195. The van der Waals surface area contributed by atoms with E-state index in [1.165, 1.54) is 6.33 Å². The summed E-state index contributed by atoms with van der Waals surface area (Å²) < 4.78 is 0. The second-order valence-electron chi connectivity index (χ2n) is 3.87. The van der Waals surface area contributed by atoms with E-state index >= 15 is 0 Å². The number of nitrogens with zero attached hydrogens (tertiary/aromatic N) is 5. The lowest BCUT2D eigenvalue weighted by atomic mass is 10.3. The third-order valence-corrected chi connectivity index (χ3v) is 2.50. The lowest BCUT2D eigenvalue weighted by molar-refractivity contribution is -0.383. The van der Waals surface area contributed by atoms with Crippen molar-refractivity contribution in [2.24, 2.45) is 0 Å². The minimum absolute atomic E-state index is 0.150. The fourth-order valence-corrected chi connectivity index (χ4v) is 1.65. The molecule has 2 heterocycles. The van der Waals surface area contributed by atoms with Crippen molar-refractivity contribution in [3.63, 3.8) is 0 Å². The normalized spacial score (nSPS) is 10.2. The van der Waals surface area contributed by atoms with E-state index in [1.54, 1.807) is 24.2 Å². The average Bonchev–Trinajstić information content (AvgIpc) is 2.39. The van der Waals surface area contributed by atoms with Crippen molar-refractivity contribution < 1.29 is 4.92 Å². The van der Waals surface area contributed by atoms with Crippen molar-refractivity contribution in [3.8, 4) is 0 Å². The highest BCUT2D eigenvalue weighted by Crippen LogP contribution is 2.29. The number of nitrogens with two attached hydrogens (primary N) is 1. The van der Waals surface area contributed by atoms with Gasteiger partial charge in [-0.05, 0) is 12.1 Å². The number of nitrogen functional groups attached to an aromatic ring is 1. The predicted molar refractivity (Wildman–Crippen MR) is 69.4 cm³/mol. The van der Waals surface area contributed by atoms with Crippen molar-refractivity contribution in [3.05, 3.63) is 46.5 Å². The monoisotopic (exact) mass is 260 g/mol. The van der Waals surface area contributed by atoms with Crippen LogP contribution in [0.2, 0.25) is 0 Å². The first-order valence-electron chi connectivity index (χ1n) is 5.45. The zero-order chi connectivity index (χ0) is 13.8. The number of rotatable bonds is 4. The van der Waals surface area contributed by atoms with Crippen LogP contribution in [0.4, 0.5) is 17.3 Å². The van der Waals surface area contributed by atoms with Gasteiger partial charge in [-0.2, -0.15) is 0 Å². The van der Waals surface area contributed by atoms with E-state index in [0.29, 0.717) is 6.54 Å². The molecule has 0 saturated heterocycles. The van der Waals surface area contributed by atoms with Crippen LogP contribution in [-0.2, 0) is 6.54 Å². The summed E-state index contributed by atoms with van der Waals surface area (Å²) in [6.45, 7) is 0.387. The highest BCUT2D eigenvalue weighted by atomic mass is 16.6. The Morgan fingerprint density at radius 2 is 2.16 bits per heavy atom. The zero-order valence-electron chi connectivity index (χ0n) is 10.2. The summed E-state index contributed by atoms with van der Waals surface area (Å²) in [5, 5.41) is 11.0. The van der Waals surface area contributed by atoms with Crippen LogP contribution in [0.25, 0.3) is 0 Å². The molecule has 0 amide bonds. The second kappa shape index (κ2) is 5.25. The Morgan fingerprint density at radius 1 is 1.37 bits per heavy atom. The van der Waals surface area contributed by atoms with Crippen LogP contribution in [0, 0.1) is 10.1 Å². The first kappa shape index (κ1) is 12.7. The predicted octanol–water partition coefficient (Wildman–Crippen LogP) is 0.998. The van der Waals surface area contributed by atoms with Gasteiger partial charge in [0.05, 0.1) is 17.2 Å². The van der Waals surface area contributed by atoms with Crippen molar-refractivity contribution >= 4 is 17.3 Å². The smallest absolute Gasteiger partial charge is 0.353 e. The number of pyridine rings is 1. The second-order valence-corrected chi connectivity index (χ2v) is 3.87. The third kappa shape index (κ3) is 2.73. The maximum atomic E-state index is 11.0. The topological polar surface area (TPSA) is 111 Å². The molecule has 0 unspecified atom stereocenters. The van der Waals surface area contributed by atoms with E-state index in [2.05, 4.69) is 15.0 Å². The number of hydrogen-bond donors (Lipinski definition) is 1. The lowest BCUT2D eigenvalue weighted by Crippen LogP contribution is -2.20. The minimum Gasteiger partial charge on any atom is -0.378 e. The van der Waals surface area contributed by atoms with Crippen molar-refractivity contribution in [1.82, 2.24) is 15.0 Å². The van der Waals surface area contributed by atoms with Gasteiger partial charge in [-0.25, -0.2) is 9.97 Å². The summed E-state index contributed by atoms with van der Waals surface area (Å²) >= 11 is 0. The van der Waals surface area contributed by atoms with Crippen LogP contribution < -0.4 is 10.6 Å². The van der Waals surface area contributed by atoms with Gasteiger partial charge in [-0.1, -0.05) is 6.07 Å². The van der Waals surface area contributed by atoms with Crippen molar-refractivity contribution in [1.29, 1.82) is 0 Å². The van der Waals surface area contributed by atoms with Gasteiger partial charge >= 0.3 is 5.69 Å². The summed E-state index contributed by atoms with van der Waals surface area (Å²) in [6.07, 6.45) is 2.86. The minimum atomic E-state index is -0.584. The average molecular weight is 260 g/mol. The lowest BCUT2D eigenvalue weighted by Gasteiger charge is -2.17. The molecule has 0 saturated carbocycles. The summed E-state index contributed by atoms with van der Waals surface area (Å²) in [7, 11) is 1.68. The van der Waals surface area contributed by atoms with Gasteiger partial charge in [0.2, 0.25) is 11.6 Å². The molecule has 0 aliphatic carbocycles. The molecule has 2 rings (SSSR count). The van der Waals surface area contributed by atoms with Gasteiger partial charge in [0.25, 0.3) is 0 Å². The molecule has 0 aliphatic rings. The number of aromatic nitrogens is 3. The van der Waals surface area contributed by atoms with Crippen LogP contribution in [0.5, 0.6) is 0 Å². The molecule has 0 fully saturated rings. The molecule has 0 bridgehead atoms. The molecule has 0 aliphatic heterocycles. The van der Waals surface area contributed by atoms with Crippen LogP contribution >= 0.6 is 0 Å². The zero-order valence-corrected chi connectivity index (χ0v) is 10.2. The van der Waals surface area contributed by atoms with Gasteiger partial charge in [-0.15, -0.1) is 0 Å². The van der Waals surface area contributed by atoms with Gasteiger partial charge < -0.3 is 10.6 Å². The van der Waals surface area contributed by atoms with Crippen LogP contribution in [-0.4, -0.2) is 26.9 Å². The number of anilines is 2. The quantitative estimate of drug-likeness (QED) is 0.644. The molecule has 2 N–H and O–H groups in total. The van der Waals surface area contributed by atoms with Crippen molar-refractivity contribution in [2.45, 2.75) is 6.54 Å². The molecule has 8 heteroatoms. The molecular formula is C11H12N6O2.